The first-order valence-corrected chi connectivity index (χ1v) is 16.0. The lowest BCUT2D eigenvalue weighted by atomic mass is 9.96. The number of ether oxygens (including phenoxy) is 9. The maximum atomic E-state index is 12.1. The van der Waals surface area contributed by atoms with Crippen LogP contribution in [0.15, 0.2) is 0 Å². The summed E-state index contributed by atoms with van der Waals surface area (Å²) in [5, 5.41) is 75.0. The molecule has 0 aromatic heterocycles. The largest absolute Gasteiger partial charge is 0.463 e. The van der Waals surface area contributed by atoms with Crippen LogP contribution in [0.4, 0.5) is 0 Å². The molecule has 3 saturated heterocycles. The van der Waals surface area contributed by atoms with Gasteiger partial charge in [0.2, 0.25) is 0 Å². The molecule has 288 valence electrons. The Balaban J connectivity index is 1.72. The Labute approximate surface area is 287 Å². The summed E-state index contributed by atoms with van der Waals surface area (Å²) < 4.78 is 48.9. The van der Waals surface area contributed by atoms with Gasteiger partial charge in [-0.2, -0.15) is 0 Å². The Bertz CT molecular complexity index is 1120. The summed E-state index contributed by atoms with van der Waals surface area (Å²) in [6.45, 7) is 0.689. The van der Waals surface area contributed by atoms with Crippen LogP contribution in [0.5, 0.6) is 0 Å². The third-order valence-electron chi connectivity index (χ3n) is 8.37. The Morgan fingerprint density at radius 1 is 0.520 bits per heavy atom. The van der Waals surface area contributed by atoms with Crippen molar-refractivity contribution in [2.24, 2.45) is 0 Å². The summed E-state index contributed by atoms with van der Waals surface area (Å²) >= 11 is 0. The highest BCUT2D eigenvalue weighted by Crippen LogP contribution is 2.33. The van der Waals surface area contributed by atoms with Crippen molar-refractivity contribution < 1.29 is 97.6 Å². The molecule has 3 aliphatic heterocycles. The number of methoxy groups -OCH3 is 2. The lowest BCUT2D eigenvalue weighted by Crippen LogP contribution is -2.66. The van der Waals surface area contributed by atoms with E-state index in [2.05, 4.69) is 0 Å². The van der Waals surface area contributed by atoms with Gasteiger partial charge in [0.05, 0.1) is 19.4 Å². The number of carbonyl (C=O) groups is 4. The highest BCUT2D eigenvalue weighted by molar-refractivity contribution is 5.81. The highest BCUT2D eigenvalue weighted by atomic mass is 16.8. The second-order valence-electron chi connectivity index (χ2n) is 12.2. The molecular formula is C30H48O20. The summed E-state index contributed by atoms with van der Waals surface area (Å²) in [5.74, 6) is -2.00. The number of rotatable bonds is 17. The number of aliphatic hydroxyl groups is 7. The van der Waals surface area contributed by atoms with Gasteiger partial charge < -0.3 is 88.0 Å². The van der Waals surface area contributed by atoms with Crippen molar-refractivity contribution in [3.8, 4) is 0 Å². The maximum Gasteiger partial charge on any atom is 0.306 e. The molecular weight excluding hydrogens is 680 g/mol. The predicted molar refractivity (Wildman–Crippen MR) is 158 cm³/mol. The zero-order valence-corrected chi connectivity index (χ0v) is 28.0. The minimum absolute atomic E-state index is 0.0579. The van der Waals surface area contributed by atoms with Crippen LogP contribution in [-0.2, 0) is 61.8 Å². The van der Waals surface area contributed by atoms with Gasteiger partial charge in [-0.3, -0.25) is 9.59 Å². The first kappa shape index (κ1) is 42.1. The van der Waals surface area contributed by atoms with Crippen LogP contribution in [0, 0.1) is 0 Å². The monoisotopic (exact) mass is 728 g/mol. The molecule has 0 aromatic rings. The second kappa shape index (κ2) is 19.5. The number of ketones is 2. The molecule has 15 unspecified atom stereocenters. The van der Waals surface area contributed by atoms with Crippen molar-refractivity contribution in [3.05, 3.63) is 0 Å². The number of esters is 2. The lowest BCUT2D eigenvalue weighted by molar-refractivity contribution is -0.379. The smallest absolute Gasteiger partial charge is 0.306 e. The number of hydrogen-bond acceptors (Lipinski definition) is 20. The van der Waals surface area contributed by atoms with Crippen LogP contribution in [-0.4, -0.2) is 185 Å². The molecule has 0 amide bonds. The van der Waals surface area contributed by atoms with E-state index in [-0.39, 0.29) is 37.2 Å². The molecule has 0 radical (unpaired) electrons. The molecule has 0 bridgehead atoms. The van der Waals surface area contributed by atoms with Crippen LogP contribution < -0.4 is 0 Å². The van der Waals surface area contributed by atoms with Gasteiger partial charge in [0.25, 0.3) is 0 Å². The SMILES string of the molecule is COC1OC(COC(=O)CCC(C)=O)C(OC2OC(CO)C(OC3OC(COC(=O)CCC(C)=O)C(OC)C(O)C3O)C(O)C2O)C(O)C1O. The van der Waals surface area contributed by atoms with Crippen molar-refractivity contribution >= 4 is 23.5 Å². The molecule has 3 rings (SSSR count). The van der Waals surface area contributed by atoms with Crippen LogP contribution >= 0.6 is 0 Å². The van der Waals surface area contributed by atoms with E-state index >= 15 is 0 Å². The molecule has 50 heavy (non-hydrogen) atoms. The Morgan fingerprint density at radius 3 is 1.32 bits per heavy atom. The number of aliphatic hydroxyl groups excluding tert-OH is 7. The normalized spacial score (nSPS) is 39.1. The molecule has 0 saturated carbocycles. The van der Waals surface area contributed by atoms with Crippen molar-refractivity contribution in [2.45, 2.75) is 132 Å². The molecule has 3 heterocycles. The van der Waals surface area contributed by atoms with Crippen molar-refractivity contribution in [2.75, 3.05) is 34.0 Å². The van der Waals surface area contributed by atoms with Gasteiger partial charge in [0, 0.05) is 27.1 Å². The summed E-state index contributed by atoms with van der Waals surface area (Å²) in [6, 6.07) is 0. The molecule has 20 nitrogen and oxygen atoms in total. The maximum absolute atomic E-state index is 12.1. The van der Waals surface area contributed by atoms with Crippen LogP contribution in [0.2, 0.25) is 0 Å². The van der Waals surface area contributed by atoms with Crippen LogP contribution in [0.1, 0.15) is 39.5 Å². The minimum atomic E-state index is -1.98. The third-order valence-corrected chi connectivity index (χ3v) is 8.37. The molecule has 0 aliphatic carbocycles. The Morgan fingerprint density at radius 2 is 0.900 bits per heavy atom. The molecule has 20 heteroatoms. The van der Waals surface area contributed by atoms with Crippen LogP contribution in [0.3, 0.4) is 0 Å². The minimum Gasteiger partial charge on any atom is -0.463 e. The first-order chi connectivity index (χ1) is 23.6. The van der Waals surface area contributed by atoms with Gasteiger partial charge in [0.15, 0.2) is 18.9 Å². The topological polar surface area (TPSA) is 293 Å². The van der Waals surface area contributed by atoms with Gasteiger partial charge in [0.1, 0.15) is 98.0 Å². The van der Waals surface area contributed by atoms with Gasteiger partial charge in [-0.25, -0.2) is 0 Å². The summed E-state index contributed by atoms with van der Waals surface area (Å²) in [6.07, 6.45) is -24.9. The Kier molecular flexibility index (Phi) is 16.5. The third kappa shape index (κ3) is 10.9. The zero-order valence-electron chi connectivity index (χ0n) is 28.0. The van der Waals surface area contributed by atoms with Gasteiger partial charge in [-0.05, 0) is 13.8 Å². The molecule has 0 spiro atoms. The average Bonchev–Trinajstić information content (AvgIpc) is 3.08. The molecule has 0 aromatic carbocycles. The van der Waals surface area contributed by atoms with E-state index < -0.39 is 124 Å². The molecule has 3 aliphatic rings. The van der Waals surface area contributed by atoms with Crippen LogP contribution in [0.25, 0.3) is 0 Å². The van der Waals surface area contributed by atoms with Crippen molar-refractivity contribution in [3.63, 3.8) is 0 Å². The number of hydrogen-bond donors (Lipinski definition) is 7. The van der Waals surface area contributed by atoms with Gasteiger partial charge in [-0.1, -0.05) is 0 Å². The summed E-state index contributed by atoms with van der Waals surface area (Å²) in [5.41, 5.74) is 0. The molecule has 3 fully saturated rings. The fourth-order valence-electron chi connectivity index (χ4n) is 5.54. The fourth-order valence-corrected chi connectivity index (χ4v) is 5.54. The second-order valence-corrected chi connectivity index (χ2v) is 12.2. The number of carbonyl (C=O) groups excluding carboxylic acids is 4. The molecule has 7 N–H and O–H groups in total. The summed E-state index contributed by atoms with van der Waals surface area (Å²) in [7, 11) is 2.39. The predicted octanol–water partition coefficient (Wildman–Crippen LogP) is -4.42. The average molecular weight is 729 g/mol. The van der Waals surface area contributed by atoms with Crippen molar-refractivity contribution in [1.82, 2.24) is 0 Å². The fraction of sp³-hybridized carbons (Fsp3) is 0.867. The van der Waals surface area contributed by atoms with Gasteiger partial charge in [-0.15, -0.1) is 0 Å². The van der Waals surface area contributed by atoms with E-state index in [1.807, 2.05) is 0 Å². The highest BCUT2D eigenvalue weighted by Gasteiger charge is 2.54. The number of Topliss-reactive ketones (excluding diaryl/α,β-unsaturated/α-hetero) is 2. The van der Waals surface area contributed by atoms with E-state index in [4.69, 9.17) is 42.6 Å². The van der Waals surface area contributed by atoms with E-state index in [1.54, 1.807) is 0 Å². The van der Waals surface area contributed by atoms with Gasteiger partial charge >= 0.3 is 11.9 Å². The lowest BCUT2D eigenvalue weighted by Gasteiger charge is -2.48. The van der Waals surface area contributed by atoms with E-state index in [0.29, 0.717) is 0 Å². The quantitative estimate of drug-likeness (QED) is 0.0695. The first-order valence-electron chi connectivity index (χ1n) is 16.0. The summed E-state index contributed by atoms with van der Waals surface area (Å²) in [4.78, 5) is 46.6. The standard InChI is InChI=1S/C30H48O20/c1-12(32)5-7-17(34)44-10-15-25(42-3)19(36)23(40)30(48-15)49-26-14(9-31)46-29(24(41)21(26)38)50-27-16(11-45-18(35)8-6-13(2)33)47-28(43-4)22(39)20(27)37/h14-16,19-31,36-41H,5-11H2,1-4H3. The van der Waals surface area contributed by atoms with E-state index in [9.17, 15) is 54.9 Å². The van der Waals surface area contributed by atoms with E-state index in [1.165, 1.54) is 28.1 Å². The van der Waals surface area contributed by atoms with Crippen molar-refractivity contribution in [1.29, 1.82) is 0 Å². The Hall–Kier alpha value is -2.28. The van der Waals surface area contributed by atoms with E-state index in [0.717, 1.165) is 0 Å². The molecule has 15 atom stereocenters. The zero-order chi connectivity index (χ0) is 37.3.